The molecular formula is C16H29F3IN5O. The Morgan fingerprint density at radius 3 is 2.54 bits per heavy atom. The minimum absolute atomic E-state index is 0. The Kier molecular flexibility index (Phi) is 12.7. The highest BCUT2D eigenvalue weighted by Gasteiger charge is 2.36. The Bertz CT molecular complexity index is 534. The topological polar surface area (TPSA) is 63.5 Å². The molecule has 0 atom stereocenters. The molecule has 10 heteroatoms. The summed E-state index contributed by atoms with van der Waals surface area (Å²) >= 11 is 0. The van der Waals surface area contributed by atoms with Crippen LogP contribution in [0, 0.1) is 0 Å². The maximum Gasteiger partial charge on any atom is 0.435 e. The minimum Gasteiger partial charge on any atom is -0.381 e. The molecule has 2 N–H and O–H groups in total. The molecule has 0 unspecified atom stereocenters. The van der Waals surface area contributed by atoms with Crippen molar-refractivity contribution in [2.45, 2.75) is 45.8 Å². The summed E-state index contributed by atoms with van der Waals surface area (Å²) in [4.78, 5) is 4.22. The normalized spacial score (nSPS) is 12.0. The lowest BCUT2D eigenvalue weighted by atomic mass is 10.2. The summed E-state index contributed by atoms with van der Waals surface area (Å²) in [5.74, 6) is 0.480. The largest absolute Gasteiger partial charge is 0.435 e. The van der Waals surface area contributed by atoms with Crippen molar-refractivity contribution < 1.29 is 17.9 Å². The number of aliphatic imine (C=N–C) groups is 1. The van der Waals surface area contributed by atoms with Crippen LogP contribution in [-0.2, 0) is 24.5 Å². The van der Waals surface area contributed by atoms with Crippen LogP contribution in [0.2, 0.25) is 0 Å². The highest BCUT2D eigenvalue weighted by molar-refractivity contribution is 14.0. The van der Waals surface area contributed by atoms with Gasteiger partial charge in [0.25, 0.3) is 0 Å². The van der Waals surface area contributed by atoms with Crippen molar-refractivity contribution in [2.24, 2.45) is 12.0 Å². The van der Waals surface area contributed by atoms with Gasteiger partial charge in [-0.1, -0.05) is 13.3 Å². The van der Waals surface area contributed by atoms with Gasteiger partial charge >= 0.3 is 6.18 Å². The van der Waals surface area contributed by atoms with E-state index >= 15 is 0 Å². The van der Waals surface area contributed by atoms with E-state index in [-0.39, 0.29) is 36.1 Å². The molecule has 1 aromatic heterocycles. The summed E-state index contributed by atoms with van der Waals surface area (Å²) in [5, 5.41) is 9.60. The number of unbranched alkanes of at least 4 members (excludes halogenated alkanes) is 1. The molecule has 0 aliphatic rings. The van der Waals surface area contributed by atoms with E-state index in [1.807, 2.05) is 6.92 Å². The van der Waals surface area contributed by atoms with Gasteiger partial charge in [0, 0.05) is 45.1 Å². The van der Waals surface area contributed by atoms with Crippen LogP contribution in [-0.4, -0.2) is 42.0 Å². The molecule has 152 valence electrons. The third kappa shape index (κ3) is 9.60. The van der Waals surface area contributed by atoms with Gasteiger partial charge in [-0.3, -0.25) is 4.68 Å². The summed E-state index contributed by atoms with van der Waals surface area (Å²) < 4.78 is 45.4. The Labute approximate surface area is 170 Å². The van der Waals surface area contributed by atoms with Crippen LogP contribution < -0.4 is 10.6 Å². The molecule has 1 aromatic rings. The van der Waals surface area contributed by atoms with E-state index in [9.17, 15) is 13.2 Å². The maximum absolute atomic E-state index is 12.9. The number of alkyl halides is 3. The van der Waals surface area contributed by atoms with Crippen molar-refractivity contribution in [3.63, 3.8) is 0 Å². The molecule has 1 rings (SSSR count). The number of nitrogens with one attached hydrogen (secondary N) is 2. The first-order chi connectivity index (χ1) is 11.9. The molecule has 0 fully saturated rings. The van der Waals surface area contributed by atoms with Crippen LogP contribution in [0.3, 0.4) is 0 Å². The molecule has 0 radical (unpaired) electrons. The van der Waals surface area contributed by atoms with Crippen LogP contribution in [0.15, 0.2) is 11.2 Å². The number of guanidine groups is 1. The van der Waals surface area contributed by atoms with Crippen molar-refractivity contribution in [3.8, 4) is 0 Å². The zero-order chi connectivity index (χ0) is 18.7. The van der Waals surface area contributed by atoms with E-state index in [1.54, 1.807) is 0 Å². The van der Waals surface area contributed by atoms with Crippen LogP contribution in [0.5, 0.6) is 0 Å². The van der Waals surface area contributed by atoms with Gasteiger partial charge in [-0.15, -0.1) is 24.0 Å². The van der Waals surface area contributed by atoms with Crippen molar-refractivity contribution in [1.82, 2.24) is 20.4 Å². The average molecular weight is 491 g/mol. The Morgan fingerprint density at radius 2 is 1.92 bits per heavy atom. The van der Waals surface area contributed by atoms with Gasteiger partial charge in [-0.2, -0.15) is 18.3 Å². The molecule has 0 spiro atoms. The zero-order valence-corrected chi connectivity index (χ0v) is 17.9. The van der Waals surface area contributed by atoms with E-state index < -0.39 is 11.9 Å². The molecule has 0 saturated carbocycles. The molecule has 1 heterocycles. The second-order valence-corrected chi connectivity index (χ2v) is 5.62. The fourth-order valence-corrected chi connectivity index (χ4v) is 2.13. The summed E-state index contributed by atoms with van der Waals surface area (Å²) in [6.07, 6.45) is -0.187. The Hall–Kier alpha value is -1.04. The summed E-state index contributed by atoms with van der Waals surface area (Å²) in [6, 6.07) is 0. The van der Waals surface area contributed by atoms with E-state index in [0.29, 0.717) is 25.7 Å². The van der Waals surface area contributed by atoms with E-state index in [4.69, 9.17) is 4.74 Å². The number of halogens is 4. The minimum atomic E-state index is -4.48. The second-order valence-electron chi connectivity index (χ2n) is 5.62. The second kappa shape index (κ2) is 13.2. The van der Waals surface area contributed by atoms with Crippen LogP contribution >= 0.6 is 24.0 Å². The number of aryl methyl sites for hydroxylation is 1. The van der Waals surface area contributed by atoms with Gasteiger partial charge in [-0.05, 0) is 19.8 Å². The van der Waals surface area contributed by atoms with Crippen molar-refractivity contribution in [1.29, 1.82) is 0 Å². The molecule has 0 saturated heterocycles. The number of hydrogen-bond donors (Lipinski definition) is 2. The zero-order valence-electron chi connectivity index (χ0n) is 15.5. The fraction of sp³-hybridized carbons (Fsp3) is 0.750. The van der Waals surface area contributed by atoms with Gasteiger partial charge in [-0.25, -0.2) is 4.99 Å². The van der Waals surface area contributed by atoms with Gasteiger partial charge in [0.15, 0.2) is 11.7 Å². The molecule has 0 aromatic carbocycles. The molecule has 6 nitrogen and oxygen atoms in total. The first kappa shape index (κ1) is 25.0. The van der Waals surface area contributed by atoms with E-state index in [1.165, 1.54) is 13.2 Å². The maximum atomic E-state index is 12.9. The first-order valence-electron chi connectivity index (χ1n) is 8.58. The number of hydrogen-bond acceptors (Lipinski definition) is 3. The highest BCUT2D eigenvalue weighted by Crippen LogP contribution is 2.30. The number of aromatic nitrogens is 2. The lowest BCUT2D eigenvalue weighted by molar-refractivity contribution is -0.142. The monoisotopic (exact) mass is 491 g/mol. The Morgan fingerprint density at radius 1 is 1.23 bits per heavy atom. The number of rotatable bonds is 10. The van der Waals surface area contributed by atoms with Crippen molar-refractivity contribution in [3.05, 3.63) is 17.5 Å². The van der Waals surface area contributed by atoms with Gasteiger partial charge in [0.2, 0.25) is 0 Å². The van der Waals surface area contributed by atoms with Gasteiger partial charge in [0.05, 0.1) is 6.54 Å². The summed E-state index contributed by atoms with van der Waals surface area (Å²) in [5.41, 5.74) is -0.839. The molecule has 0 aliphatic carbocycles. The standard InChI is InChI=1S/C16H28F3N5O.HI/c1-4-6-9-25-10-7-8-21-15(20-5-2)22-11-13-12-24(3)23-14(13)16(17,18)19;/h12H,4-11H2,1-3H3,(H2,20,21,22);1H. The first-order valence-corrected chi connectivity index (χ1v) is 8.58. The van der Waals surface area contributed by atoms with Crippen molar-refractivity contribution in [2.75, 3.05) is 26.3 Å². The lowest BCUT2D eigenvalue weighted by Crippen LogP contribution is -2.38. The summed E-state index contributed by atoms with van der Waals surface area (Å²) in [7, 11) is 1.46. The Balaban J connectivity index is 0.00000625. The molecule has 26 heavy (non-hydrogen) atoms. The molecule has 0 amide bonds. The number of nitrogens with zero attached hydrogens (tertiary/aromatic N) is 3. The fourth-order valence-electron chi connectivity index (χ4n) is 2.13. The lowest BCUT2D eigenvalue weighted by Gasteiger charge is -2.11. The molecule has 0 bridgehead atoms. The highest BCUT2D eigenvalue weighted by atomic mass is 127. The number of ether oxygens (including phenoxy) is 1. The molecule has 0 aliphatic heterocycles. The molecular weight excluding hydrogens is 462 g/mol. The van der Waals surface area contributed by atoms with Gasteiger partial charge < -0.3 is 15.4 Å². The van der Waals surface area contributed by atoms with E-state index in [0.717, 1.165) is 30.6 Å². The predicted octanol–water partition coefficient (Wildman–Crippen LogP) is 3.32. The van der Waals surface area contributed by atoms with Crippen LogP contribution in [0.4, 0.5) is 13.2 Å². The smallest absolute Gasteiger partial charge is 0.381 e. The predicted molar refractivity (Wildman–Crippen MR) is 107 cm³/mol. The SMILES string of the molecule is CCCCOCCCNC(=NCc1cn(C)nc1C(F)(F)F)NCC.I. The van der Waals surface area contributed by atoms with Crippen molar-refractivity contribution >= 4 is 29.9 Å². The quantitative estimate of drug-likeness (QED) is 0.228. The van der Waals surface area contributed by atoms with Crippen LogP contribution in [0.1, 0.15) is 44.4 Å². The third-order valence-electron chi connectivity index (χ3n) is 3.32. The van der Waals surface area contributed by atoms with Crippen LogP contribution in [0.25, 0.3) is 0 Å². The van der Waals surface area contributed by atoms with Gasteiger partial charge in [0.1, 0.15) is 0 Å². The third-order valence-corrected chi connectivity index (χ3v) is 3.32. The average Bonchev–Trinajstić information content (AvgIpc) is 2.93. The summed E-state index contributed by atoms with van der Waals surface area (Å²) in [6.45, 7) is 6.58. The van der Waals surface area contributed by atoms with E-state index in [2.05, 4.69) is 27.6 Å².